The Bertz CT molecular complexity index is 1130. The number of ketones is 1. The predicted molar refractivity (Wildman–Crippen MR) is 193 cm³/mol. The fourth-order valence-corrected chi connectivity index (χ4v) is 7.84. The third-order valence-corrected chi connectivity index (χ3v) is 19.0. The molecule has 0 N–H and O–H groups in total. The summed E-state index contributed by atoms with van der Waals surface area (Å²) in [6.07, 6.45) is 13.5. The molecule has 0 saturated heterocycles. The number of carbonyl (C=O) groups excluding carboxylic acids is 2. The number of carbonyl (C=O) groups is 2. The van der Waals surface area contributed by atoms with Gasteiger partial charge in [-0.15, -0.1) is 0 Å². The van der Waals surface area contributed by atoms with Crippen molar-refractivity contribution in [2.45, 2.75) is 155 Å². The van der Waals surface area contributed by atoms with Crippen LogP contribution in [0.15, 0.2) is 54.6 Å². The van der Waals surface area contributed by atoms with Gasteiger partial charge < -0.3 is 13.6 Å². The van der Waals surface area contributed by atoms with Crippen LogP contribution in [0.1, 0.15) is 99.5 Å². The van der Waals surface area contributed by atoms with Gasteiger partial charge in [0.2, 0.25) is 0 Å². The van der Waals surface area contributed by atoms with Crippen molar-refractivity contribution >= 4 is 28.4 Å². The van der Waals surface area contributed by atoms with E-state index in [2.05, 4.69) is 122 Å². The molecule has 0 amide bonds. The third kappa shape index (κ3) is 12.7. The Labute approximate surface area is 277 Å². The van der Waals surface area contributed by atoms with Crippen molar-refractivity contribution in [2.24, 2.45) is 11.8 Å². The minimum absolute atomic E-state index is 0.000430. The van der Waals surface area contributed by atoms with E-state index in [0.29, 0.717) is 19.3 Å². The van der Waals surface area contributed by atoms with Gasteiger partial charge in [-0.2, -0.15) is 0 Å². The highest BCUT2D eigenvalue weighted by Crippen LogP contribution is 2.43. The first kappa shape index (κ1) is 39.4. The van der Waals surface area contributed by atoms with E-state index in [4.69, 9.17) is 13.6 Å². The molecule has 0 aliphatic heterocycles. The number of allylic oxidation sites excluding steroid dienone is 2. The third-order valence-electron chi connectivity index (χ3n) is 10.00. The van der Waals surface area contributed by atoms with Crippen LogP contribution in [0.4, 0.5) is 0 Å². The van der Waals surface area contributed by atoms with Crippen LogP contribution in [0, 0.1) is 11.8 Å². The summed E-state index contributed by atoms with van der Waals surface area (Å²) in [5.74, 6) is 0.00644. The maximum atomic E-state index is 13.5. The van der Waals surface area contributed by atoms with Crippen LogP contribution >= 0.6 is 0 Å². The van der Waals surface area contributed by atoms with Crippen molar-refractivity contribution in [3.8, 4) is 0 Å². The number of esters is 1. The zero-order valence-electron chi connectivity index (χ0n) is 30.6. The minimum atomic E-state index is -2.09. The number of benzene rings is 1. The zero-order valence-corrected chi connectivity index (χ0v) is 32.6. The van der Waals surface area contributed by atoms with Gasteiger partial charge in [-0.05, 0) is 87.8 Å². The van der Waals surface area contributed by atoms with Crippen molar-refractivity contribution in [1.29, 1.82) is 0 Å². The Balaban J connectivity index is 2.29. The van der Waals surface area contributed by atoms with Gasteiger partial charge in [-0.1, -0.05) is 96.2 Å². The second-order valence-corrected chi connectivity index (χ2v) is 25.7. The quantitative estimate of drug-likeness (QED) is 0.0767. The van der Waals surface area contributed by atoms with Gasteiger partial charge in [-0.3, -0.25) is 9.59 Å². The molecule has 0 aromatic heterocycles. The summed E-state index contributed by atoms with van der Waals surface area (Å²) in [5, 5.41) is 0.157. The number of ether oxygens (including phenoxy) is 1. The Kier molecular flexibility index (Phi) is 14.7. The first-order chi connectivity index (χ1) is 20.7. The van der Waals surface area contributed by atoms with E-state index >= 15 is 0 Å². The van der Waals surface area contributed by atoms with E-state index in [1.54, 1.807) is 0 Å². The van der Waals surface area contributed by atoms with Gasteiger partial charge >= 0.3 is 5.97 Å². The molecule has 5 nitrogen and oxygen atoms in total. The first-order valence-corrected chi connectivity index (χ1v) is 23.0. The summed E-state index contributed by atoms with van der Waals surface area (Å²) in [4.78, 5) is 25.4. The Morgan fingerprint density at radius 3 is 2.16 bits per heavy atom. The molecule has 0 spiro atoms. The Morgan fingerprint density at radius 2 is 1.58 bits per heavy atom. The molecule has 1 aliphatic carbocycles. The highest BCUT2D eigenvalue weighted by molar-refractivity contribution is 6.74. The topological polar surface area (TPSA) is 61.8 Å². The molecule has 254 valence electrons. The fourth-order valence-electron chi connectivity index (χ4n) is 5.18. The molecule has 1 saturated carbocycles. The van der Waals surface area contributed by atoms with E-state index in [1.165, 1.54) is 5.56 Å². The SMILES string of the molecule is CC(C)OC(=O)CCC/C=C\C[C@H]1C(=O)CC(O[Si](C)(C)C(C)(C)C)[C@@H]1/C=C/C(CCc1ccccc1)O[Si](C)(C)C(C)(C)C. The van der Waals surface area contributed by atoms with Crippen LogP contribution < -0.4 is 0 Å². The average Bonchev–Trinajstić information content (AvgIpc) is 3.19. The highest BCUT2D eigenvalue weighted by Gasteiger charge is 2.47. The molecule has 2 unspecified atom stereocenters. The molecule has 45 heavy (non-hydrogen) atoms. The summed E-state index contributed by atoms with van der Waals surface area (Å²) >= 11 is 0. The number of hydrogen-bond acceptors (Lipinski definition) is 5. The fraction of sp³-hybridized carbons (Fsp3) is 0.684. The molecular formula is C38H64O5Si2. The summed E-state index contributed by atoms with van der Waals surface area (Å²) in [6, 6.07) is 10.6. The minimum Gasteiger partial charge on any atom is -0.463 e. The summed E-state index contributed by atoms with van der Waals surface area (Å²) in [7, 11) is -4.12. The monoisotopic (exact) mass is 656 g/mol. The molecule has 4 atom stereocenters. The Hall–Kier alpha value is -1.81. The van der Waals surface area contributed by atoms with Gasteiger partial charge in [0, 0.05) is 24.7 Å². The highest BCUT2D eigenvalue weighted by atomic mass is 28.4. The van der Waals surface area contributed by atoms with Gasteiger partial charge in [0.15, 0.2) is 16.6 Å². The predicted octanol–water partition coefficient (Wildman–Crippen LogP) is 10.2. The molecule has 1 aliphatic rings. The lowest BCUT2D eigenvalue weighted by Crippen LogP contribution is -2.45. The van der Waals surface area contributed by atoms with E-state index < -0.39 is 16.6 Å². The molecule has 0 heterocycles. The number of Topliss-reactive ketones (excluding diaryl/α,β-unsaturated/α-hetero) is 1. The van der Waals surface area contributed by atoms with Crippen molar-refractivity contribution < 1.29 is 23.2 Å². The normalized spacial score (nSPS) is 20.9. The van der Waals surface area contributed by atoms with Crippen molar-refractivity contribution in [3.05, 3.63) is 60.2 Å². The van der Waals surface area contributed by atoms with Crippen LogP contribution in [0.3, 0.4) is 0 Å². The Morgan fingerprint density at radius 1 is 0.956 bits per heavy atom. The van der Waals surface area contributed by atoms with E-state index in [-0.39, 0.29) is 52.0 Å². The maximum Gasteiger partial charge on any atom is 0.306 e. The van der Waals surface area contributed by atoms with Crippen LogP contribution in [-0.2, 0) is 29.6 Å². The van der Waals surface area contributed by atoms with Gasteiger partial charge in [0.05, 0.1) is 18.3 Å². The van der Waals surface area contributed by atoms with Gasteiger partial charge in [-0.25, -0.2) is 0 Å². The molecule has 0 radical (unpaired) electrons. The van der Waals surface area contributed by atoms with Crippen LogP contribution in [-0.4, -0.2) is 46.7 Å². The van der Waals surface area contributed by atoms with Crippen molar-refractivity contribution in [3.63, 3.8) is 0 Å². The van der Waals surface area contributed by atoms with E-state index in [1.807, 2.05) is 13.8 Å². The second kappa shape index (κ2) is 16.8. The smallest absolute Gasteiger partial charge is 0.306 e. The number of aryl methyl sites for hydroxylation is 1. The van der Waals surface area contributed by atoms with E-state index in [0.717, 1.165) is 25.7 Å². The molecule has 1 aromatic carbocycles. The first-order valence-electron chi connectivity index (χ1n) is 17.2. The molecule has 2 rings (SSSR count). The number of unbranched alkanes of at least 4 members (excludes halogenated alkanes) is 1. The summed E-state index contributed by atoms with van der Waals surface area (Å²) in [5.41, 5.74) is 1.31. The van der Waals surface area contributed by atoms with Crippen LogP contribution in [0.25, 0.3) is 0 Å². The standard InChI is InChI=1S/C38H64O5Si2/c1-29(2)41-36(40)23-19-14-13-18-22-32-33(35(28-34(32)39)43-45(11,12)38(6,7)8)27-26-31(42-44(9,10)37(3,4)5)25-24-30-20-16-15-17-21-30/h13,15-18,20-21,26-27,29,31-33,35H,14,19,22-25,28H2,1-12H3/b18-13-,27-26+/t31?,32-,33-,35?/m1/s1. The molecule has 1 fully saturated rings. The summed E-state index contributed by atoms with van der Waals surface area (Å²) in [6.45, 7) is 26.5. The van der Waals surface area contributed by atoms with Gasteiger partial charge in [0.1, 0.15) is 5.78 Å². The molecule has 1 aromatic rings. The van der Waals surface area contributed by atoms with Gasteiger partial charge in [0.25, 0.3) is 0 Å². The molecule has 7 heteroatoms. The van der Waals surface area contributed by atoms with Crippen molar-refractivity contribution in [2.75, 3.05) is 0 Å². The largest absolute Gasteiger partial charge is 0.463 e. The maximum absolute atomic E-state index is 13.5. The lowest BCUT2D eigenvalue weighted by atomic mass is 9.90. The lowest BCUT2D eigenvalue weighted by Gasteiger charge is -2.40. The number of rotatable bonds is 16. The molecule has 0 bridgehead atoms. The lowest BCUT2D eigenvalue weighted by molar-refractivity contribution is -0.147. The zero-order chi connectivity index (χ0) is 34.1. The van der Waals surface area contributed by atoms with Crippen LogP contribution in [0.5, 0.6) is 0 Å². The second-order valence-electron chi connectivity index (χ2n) is 16.2. The van der Waals surface area contributed by atoms with E-state index in [9.17, 15) is 9.59 Å². The van der Waals surface area contributed by atoms with Crippen molar-refractivity contribution in [1.82, 2.24) is 0 Å². The number of hydrogen-bond donors (Lipinski definition) is 0. The average molecular weight is 657 g/mol. The molecular weight excluding hydrogens is 593 g/mol. The van der Waals surface area contributed by atoms with Crippen LogP contribution in [0.2, 0.25) is 36.3 Å². The summed E-state index contributed by atoms with van der Waals surface area (Å²) < 4.78 is 19.2.